The highest BCUT2D eigenvalue weighted by Gasteiger charge is 2.36. The third-order valence-electron chi connectivity index (χ3n) is 8.00. The highest BCUT2D eigenvalue weighted by atomic mass is 16.5. The first-order valence-electron chi connectivity index (χ1n) is 15.1. The lowest BCUT2D eigenvalue weighted by molar-refractivity contribution is -0.0232. The topological polar surface area (TPSA) is 137 Å². The van der Waals surface area contributed by atoms with E-state index in [0.717, 1.165) is 44.6 Å². The number of benzene rings is 2. The van der Waals surface area contributed by atoms with Gasteiger partial charge in [0, 0.05) is 55.2 Å². The molecule has 3 amide bonds. The number of aromatic nitrogens is 3. The Bertz CT molecular complexity index is 1440. The number of morpholine rings is 2. The number of carbonyl (C=O) groups excluding carboxylic acids is 2. The largest absolute Gasteiger partial charge is 0.378 e. The van der Waals surface area contributed by atoms with Crippen LogP contribution in [0.15, 0.2) is 48.5 Å². The lowest BCUT2D eigenvalue weighted by Gasteiger charge is -2.45. The minimum atomic E-state index is -0.389. The molecule has 4 saturated heterocycles. The van der Waals surface area contributed by atoms with Gasteiger partial charge in [-0.1, -0.05) is 0 Å². The summed E-state index contributed by atoms with van der Waals surface area (Å²) in [6.07, 6.45) is 2.34. The summed E-state index contributed by atoms with van der Waals surface area (Å²) in [6.45, 7) is 5.51. The monoisotopic (exact) mass is 601 g/mol. The van der Waals surface area contributed by atoms with Crippen LogP contribution in [0.1, 0.15) is 23.2 Å². The highest BCUT2D eigenvalue weighted by Crippen LogP contribution is 2.31. The van der Waals surface area contributed by atoms with Crippen molar-refractivity contribution < 1.29 is 19.1 Å². The summed E-state index contributed by atoms with van der Waals surface area (Å²) in [5.74, 6) is 1.76. The third-order valence-corrected chi connectivity index (χ3v) is 8.00. The summed E-state index contributed by atoms with van der Waals surface area (Å²) < 4.78 is 11.5. The molecule has 4 aliphatic heterocycles. The van der Waals surface area contributed by atoms with Gasteiger partial charge in [-0.25, -0.2) is 4.79 Å². The van der Waals surface area contributed by atoms with Crippen LogP contribution in [0.2, 0.25) is 0 Å². The summed E-state index contributed by atoms with van der Waals surface area (Å²) in [6, 6.07) is 14.1. The number of hydrogen-bond acceptors (Lipinski definition) is 10. The van der Waals surface area contributed by atoms with E-state index in [-0.39, 0.29) is 24.1 Å². The molecule has 4 fully saturated rings. The van der Waals surface area contributed by atoms with Gasteiger partial charge in [-0.2, -0.15) is 15.0 Å². The minimum Gasteiger partial charge on any atom is -0.378 e. The van der Waals surface area contributed by atoms with Crippen molar-refractivity contribution in [2.75, 3.05) is 87.1 Å². The number of nitrogens with one attached hydrogen (secondary N) is 3. The average molecular weight is 602 g/mol. The summed E-state index contributed by atoms with van der Waals surface area (Å²) in [7, 11) is 3.91. The van der Waals surface area contributed by atoms with Crippen LogP contribution < -0.4 is 25.8 Å². The van der Waals surface area contributed by atoms with Crippen LogP contribution in [0.4, 0.5) is 28.1 Å². The molecule has 0 radical (unpaired) electrons. The van der Waals surface area contributed by atoms with Gasteiger partial charge in [0.15, 0.2) is 5.82 Å². The van der Waals surface area contributed by atoms with E-state index in [2.05, 4.69) is 25.8 Å². The molecule has 5 heterocycles. The Labute approximate surface area is 257 Å². The lowest BCUT2D eigenvalue weighted by atomic mass is 9.97. The van der Waals surface area contributed by atoms with Gasteiger partial charge in [-0.15, -0.1) is 0 Å². The number of nitrogens with zero attached hydrogens (tertiary/aromatic N) is 6. The molecule has 44 heavy (non-hydrogen) atoms. The van der Waals surface area contributed by atoms with E-state index in [1.54, 1.807) is 24.3 Å². The molecule has 232 valence electrons. The average Bonchev–Trinajstić information content (AvgIpc) is 3.06. The molecule has 4 aliphatic rings. The molecular formula is C31H39N9O4. The first-order chi connectivity index (χ1) is 21.4. The van der Waals surface area contributed by atoms with E-state index in [1.165, 1.54) is 0 Å². The molecule has 0 spiro atoms. The molecule has 3 aromatic rings. The first kappa shape index (κ1) is 29.7. The van der Waals surface area contributed by atoms with Crippen molar-refractivity contribution in [3.8, 4) is 11.4 Å². The Morgan fingerprint density at radius 2 is 1.59 bits per heavy atom. The molecule has 7 rings (SSSR count). The zero-order valence-electron chi connectivity index (χ0n) is 25.2. The number of ether oxygens (including phenoxy) is 2. The van der Waals surface area contributed by atoms with Gasteiger partial charge < -0.3 is 40.1 Å². The first-order valence-corrected chi connectivity index (χ1v) is 15.1. The number of urea groups is 1. The number of carbonyl (C=O) groups is 2. The number of piperidine rings is 1. The van der Waals surface area contributed by atoms with E-state index in [9.17, 15) is 9.59 Å². The second kappa shape index (κ2) is 13.5. The Morgan fingerprint density at radius 1 is 0.909 bits per heavy atom. The van der Waals surface area contributed by atoms with E-state index < -0.39 is 0 Å². The number of amides is 3. The molecule has 3 N–H and O–H groups in total. The third kappa shape index (κ3) is 7.24. The van der Waals surface area contributed by atoms with Crippen molar-refractivity contribution in [2.24, 2.45) is 0 Å². The summed E-state index contributed by atoms with van der Waals surface area (Å²) in [4.78, 5) is 46.0. The maximum absolute atomic E-state index is 12.7. The Hall–Kier alpha value is -4.33. The number of likely N-dealkylation sites (N-methyl/N-ethyl adjacent to an activating group) is 1. The van der Waals surface area contributed by atoms with Gasteiger partial charge >= 0.3 is 6.03 Å². The fourth-order valence-corrected chi connectivity index (χ4v) is 5.51. The van der Waals surface area contributed by atoms with Crippen LogP contribution in [0.5, 0.6) is 0 Å². The van der Waals surface area contributed by atoms with Gasteiger partial charge in [0.05, 0.1) is 32.0 Å². The van der Waals surface area contributed by atoms with Gasteiger partial charge in [-0.05, 0) is 75.5 Å². The van der Waals surface area contributed by atoms with E-state index >= 15 is 0 Å². The molecule has 2 atom stereocenters. The number of anilines is 4. The van der Waals surface area contributed by atoms with Crippen molar-refractivity contribution in [3.05, 3.63) is 54.1 Å². The lowest BCUT2D eigenvalue weighted by Crippen LogP contribution is -2.55. The molecule has 2 bridgehead atoms. The molecule has 2 aromatic carbocycles. The molecule has 13 heteroatoms. The predicted octanol–water partition coefficient (Wildman–Crippen LogP) is 2.68. The molecule has 13 nitrogen and oxygen atoms in total. The molecular weight excluding hydrogens is 562 g/mol. The highest BCUT2D eigenvalue weighted by molar-refractivity contribution is 6.00. The molecule has 1 aromatic heterocycles. The minimum absolute atomic E-state index is 0.150. The maximum Gasteiger partial charge on any atom is 0.323 e. The van der Waals surface area contributed by atoms with Crippen LogP contribution >= 0.6 is 0 Å². The number of hydrogen-bond donors (Lipinski definition) is 3. The standard InChI is InChI=1S/C31H39N9O4/c1-38(2)14-13-32-28(41)22-5-9-24(10-6-22)34-31(42)33-23-7-3-21(4-8-23)27-35-29(39-15-17-43-18-16-39)37-30(36-27)40-19-26-12-11-25(40)20-44-26/h3-10,25-26H,11-20H2,1-2H3,(H,32,41)(H2,33,34,42). The second-order valence-electron chi connectivity index (χ2n) is 11.5. The number of rotatable bonds is 9. The van der Waals surface area contributed by atoms with E-state index in [1.807, 2.05) is 43.3 Å². The van der Waals surface area contributed by atoms with Crippen LogP contribution in [0.3, 0.4) is 0 Å². The zero-order chi connectivity index (χ0) is 30.5. The second-order valence-corrected chi connectivity index (χ2v) is 11.5. The van der Waals surface area contributed by atoms with Crippen LogP contribution in [0.25, 0.3) is 11.4 Å². The van der Waals surface area contributed by atoms with Crippen molar-refractivity contribution >= 4 is 35.2 Å². The normalized spacial score (nSPS) is 19.6. The van der Waals surface area contributed by atoms with Gasteiger partial charge in [0.2, 0.25) is 11.9 Å². The van der Waals surface area contributed by atoms with Crippen LogP contribution in [-0.2, 0) is 9.47 Å². The van der Waals surface area contributed by atoms with E-state index in [0.29, 0.717) is 61.0 Å². The number of fused-ring (bicyclic) bond motifs is 3. The molecule has 0 saturated carbocycles. The fraction of sp³-hybridized carbons (Fsp3) is 0.452. The summed E-state index contributed by atoms with van der Waals surface area (Å²) in [5.41, 5.74) is 2.56. The van der Waals surface area contributed by atoms with Gasteiger partial charge in [-0.3, -0.25) is 4.79 Å². The molecule has 0 aliphatic carbocycles. The van der Waals surface area contributed by atoms with Gasteiger partial charge in [0.25, 0.3) is 5.91 Å². The molecule has 2 unspecified atom stereocenters. The van der Waals surface area contributed by atoms with E-state index in [4.69, 9.17) is 24.4 Å². The van der Waals surface area contributed by atoms with Crippen molar-refractivity contribution in [1.29, 1.82) is 0 Å². The summed E-state index contributed by atoms with van der Waals surface area (Å²) >= 11 is 0. The van der Waals surface area contributed by atoms with Crippen molar-refractivity contribution in [3.63, 3.8) is 0 Å². The van der Waals surface area contributed by atoms with Crippen LogP contribution in [-0.4, -0.2) is 111 Å². The Balaban J connectivity index is 1.11. The van der Waals surface area contributed by atoms with Crippen molar-refractivity contribution in [2.45, 2.75) is 25.0 Å². The zero-order valence-corrected chi connectivity index (χ0v) is 25.2. The predicted molar refractivity (Wildman–Crippen MR) is 168 cm³/mol. The van der Waals surface area contributed by atoms with Crippen LogP contribution in [0, 0.1) is 0 Å². The van der Waals surface area contributed by atoms with Gasteiger partial charge in [0.1, 0.15) is 0 Å². The summed E-state index contributed by atoms with van der Waals surface area (Å²) in [5, 5.41) is 8.54. The fourth-order valence-electron chi connectivity index (χ4n) is 5.51. The smallest absolute Gasteiger partial charge is 0.323 e. The Kier molecular flexibility index (Phi) is 9.15. The SMILES string of the molecule is CN(C)CCNC(=O)c1ccc(NC(=O)Nc2ccc(-c3nc(N4CCOCC4)nc(N4CC5CCC4CO5)n3)cc2)cc1. The quantitative estimate of drug-likeness (QED) is 0.336. The van der Waals surface area contributed by atoms with Crippen molar-refractivity contribution in [1.82, 2.24) is 25.2 Å². The maximum atomic E-state index is 12.7. The Morgan fingerprint density at radius 3 is 2.20 bits per heavy atom.